The van der Waals surface area contributed by atoms with Gasteiger partial charge in [0.15, 0.2) is 0 Å². The van der Waals surface area contributed by atoms with Crippen LogP contribution in [0.4, 0.5) is 0 Å². The van der Waals surface area contributed by atoms with Crippen LogP contribution < -0.4 is 4.74 Å². The summed E-state index contributed by atoms with van der Waals surface area (Å²) >= 11 is 0. The third-order valence-corrected chi connectivity index (χ3v) is 4.06. The van der Waals surface area contributed by atoms with Gasteiger partial charge < -0.3 is 14.2 Å². The predicted octanol–water partition coefficient (Wildman–Crippen LogP) is 3.11. The van der Waals surface area contributed by atoms with E-state index in [4.69, 9.17) is 9.26 Å². The first-order valence-electron chi connectivity index (χ1n) is 7.59. The second-order valence-corrected chi connectivity index (χ2v) is 5.62. The van der Waals surface area contributed by atoms with E-state index in [9.17, 15) is 4.79 Å². The number of benzene rings is 1. The van der Waals surface area contributed by atoms with E-state index in [2.05, 4.69) is 5.16 Å². The molecule has 0 unspecified atom stereocenters. The Kier molecular flexibility index (Phi) is 4.13. The Labute approximate surface area is 129 Å². The van der Waals surface area contributed by atoms with E-state index in [1.165, 1.54) is 0 Å². The van der Waals surface area contributed by atoms with E-state index in [-0.39, 0.29) is 5.91 Å². The number of amides is 1. The molecule has 22 heavy (non-hydrogen) atoms. The molecular formula is C17H20N2O3. The van der Waals surface area contributed by atoms with Crippen LogP contribution in [0.2, 0.25) is 0 Å². The van der Waals surface area contributed by atoms with Crippen molar-refractivity contribution < 1.29 is 14.1 Å². The minimum absolute atomic E-state index is 0.106. The quantitative estimate of drug-likeness (QED) is 0.870. The average Bonchev–Trinajstić information content (AvgIpc) is 3.17. The van der Waals surface area contributed by atoms with Gasteiger partial charge in [-0.1, -0.05) is 5.16 Å². The summed E-state index contributed by atoms with van der Waals surface area (Å²) in [6, 6.07) is 7.32. The van der Waals surface area contributed by atoms with Crippen LogP contribution in [0.5, 0.6) is 5.75 Å². The minimum atomic E-state index is 0.106. The topological polar surface area (TPSA) is 55.6 Å². The number of ether oxygens (including phenoxy) is 1. The van der Waals surface area contributed by atoms with Crippen LogP contribution in [0.25, 0.3) is 0 Å². The number of hydrogen-bond acceptors (Lipinski definition) is 4. The average molecular weight is 300 g/mol. The minimum Gasteiger partial charge on any atom is -0.489 e. The van der Waals surface area contributed by atoms with E-state index < -0.39 is 0 Å². The van der Waals surface area contributed by atoms with Gasteiger partial charge in [-0.25, -0.2) is 0 Å². The van der Waals surface area contributed by atoms with Gasteiger partial charge in [-0.05, 0) is 51.0 Å². The van der Waals surface area contributed by atoms with Crippen molar-refractivity contribution in [2.24, 2.45) is 0 Å². The first kappa shape index (κ1) is 14.6. The summed E-state index contributed by atoms with van der Waals surface area (Å²) in [5.41, 5.74) is 2.53. The summed E-state index contributed by atoms with van der Waals surface area (Å²) in [6.45, 7) is 5.91. The maximum Gasteiger partial charge on any atom is 0.253 e. The van der Waals surface area contributed by atoms with Crippen molar-refractivity contribution in [2.75, 3.05) is 13.1 Å². The van der Waals surface area contributed by atoms with Crippen molar-refractivity contribution in [1.29, 1.82) is 0 Å². The van der Waals surface area contributed by atoms with E-state index in [1.807, 2.05) is 43.0 Å². The Morgan fingerprint density at radius 1 is 1.23 bits per heavy atom. The van der Waals surface area contributed by atoms with Gasteiger partial charge in [0.1, 0.15) is 18.1 Å². The summed E-state index contributed by atoms with van der Waals surface area (Å²) in [4.78, 5) is 14.2. The molecular weight excluding hydrogens is 280 g/mol. The smallest absolute Gasteiger partial charge is 0.253 e. The van der Waals surface area contributed by atoms with Gasteiger partial charge in [-0.3, -0.25) is 4.79 Å². The lowest BCUT2D eigenvalue weighted by Gasteiger charge is -2.15. The number of likely N-dealkylation sites (tertiary alicyclic amines) is 1. The van der Waals surface area contributed by atoms with Gasteiger partial charge in [0, 0.05) is 18.7 Å². The van der Waals surface area contributed by atoms with Crippen LogP contribution in [-0.2, 0) is 6.61 Å². The molecule has 1 aliphatic rings. The lowest BCUT2D eigenvalue weighted by molar-refractivity contribution is 0.0793. The second-order valence-electron chi connectivity index (χ2n) is 5.62. The fourth-order valence-corrected chi connectivity index (χ4v) is 2.66. The zero-order chi connectivity index (χ0) is 15.5. The highest BCUT2D eigenvalue weighted by atomic mass is 16.5. The molecule has 116 valence electrons. The van der Waals surface area contributed by atoms with Crippen molar-refractivity contribution in [3.05, 3.63) is 46.8 Å². The summed E-state index contributed by atoms with van der Waals surface area (Å²) in [7, 11) is 0. The SMILES string of the molecule is Cc1noc(C)c1COc1ccc(C(=O)N2CCCC2)cc1. The van der Waals surface area contributed by atoms with Crippen molar-refractivity contribution in [2.45, 2.75) is 33.3 Å². The van der Waals surface area contributed by atoms with Gasteiger partial charge in [0.05, 0.1) is 11.3 Å². The molecule has 0 radical (unpaired) electrons. The normalized spacial score (nSPS) is 14.4. The molecule has 2 aromatic rings. The van der Waals surface area contributed by atoms with Crippen LogP contribution >= 0.6 is 0 Å². The monoisotopic (exact) mass is 300 g/mol. The molecule has 1 aliphatic heterocycles. The second kappa shape index (κ2) is 6.22. The van der Waals surface area contributed by atoms with Crippen molar-refractivity contribution >= 4 is 5.91 Å². The number of nitrogens with zero attached hydrogens (tertiary/aromatic N) is 2. The highest BCUT2D eigenvalue weighted by Crippen LogP contribution is 2.19. The zero-order valence-corrected chi connectivity index (χ0v) is 13.0. The molecule has 3 rings (SSSR count). The summed E-state index contributed by atoms with van der Waals surface area (Å²) in [5, 5.41) is 3.90. The maximum atomic E-state index is 12.3. The highest BCUT2D eigenvalue weighted by Gasteiger charge is 2.19. The number of aromatic nitrogens is 1. The molecule has 5 heteroatoms. The first-order chi connectivity index (χ1) is 10.6. The van der Waals surface area contributed by atoms with Gasteiger partial charge in [-0.15, -0.1) is 0 Å². The molecule has 1 aromatic carbocycles. The van der Waals surface area contributed by atoms with Gasteiger partial charge >= 0.3 is 0 Å². The number of carbonyl (C=O) groups excluding carboxylic acids is 1. The molecule has 0 aliphatic carbocycles. The lowest BCUT2D eigenvalue weighted by atomic mass is 10.2. The molecule has 0 saturated carbocycles. The van der Waals surface area contributed by atoms with Gasteiger partial charge in [0.25, 0.3) is 5.91 Å². The Bertz CT molecular complexity index is 636. The molecule has 1 aromatic heterocycles. The van der Waals surface area contributed by atoms with Crippen LogP contribution in [0.15, 0.2) is 28.8 Å². The van der Waals surface area contributed by atoms with Crippen LogP contribution in [0, 0.1) is 13.8 Å². The number of hydrogen-bond donors (Lipinski definition) is 0. The summed E-state index contributed by atoms with van der Waals surface area (Å²) in [5.74, 6) is 1.62. The molecule has 1 amide bonds. The fraction of sp³-hybridized carbons (Fsp3) is 0.412. The molecule has 2 heterocycles. The first-order valence-corrected chi connectivity index (χ1v) is 7.59. The van der Waals surface area contributed by atoms with Crippen molar-refractivity contribution in [3.8, 4) is 5.75 Å². The highest BCUT2D eigenvalue weighted by molar-refractivity contribution is 5.94. The molecule has 5 nitrogen and oxygen atoms in total. The molecule has 0 N–H and O–H groups in total. The van der Waals surface area contributed by atoms with Crippen LogP contribution in [0.1, 0.15) is 40.2 Å². The molecule has 0 bridgehead atoms. The Balaban J connectivity index is 1.63. The third kappa shape index (κ3) is 2.98. The maximum absolute atomic E-state index is 12.3. The predicted molar refractivity (Wildman–Crippen MR) is 81.9 cm³/mol. The van der Waals surface area contributed by atoms with Gasteiger partial charge in [0.2, 0.25) is 0 Å². The largest absolute Gasteiger partial charge is 0.489 e. The van der Waals surface area contributed by atoms with Gasteiger partial charge in [-0.2, -0.15) is 0 Å². The van der Waals surface area contributed by atoms with E-state index in [0.29, 0.717) is 12.2 Å². The summed E-state index contributed by atoms with van der Waals surface area (Å²) < 4.78 is 10.9. The molecule has 1 fully saturated rings. The fourth-order valence-electron chi connectivity index (χ4n) is 2.66. The van der Waals surface area contributed by atoms with Crippen LogP contribution in [-0.4, -0.2) is 29.1 Å². The van der Waals surface area contributed by atoms with Crippen molar-refractivity contribution in [3.63, 3.8) is 0 Å². The Morgan fingerprint density at radius 3 is 2.50 bits per heavy atom. The lowest BCUT2D eigenvalue weighted by Crippen LogP contribution is -2.27. The number of aryl methyl sites for hydroxylation is 2. The standard InChI is InChI=1S/C17H20N2O3/c1-12-16(13(2)22-18-12)11-21-15-7-5-14(6-8-15)17(20)19-9-3-4-10-19/h5-8H,3-4,9-11H2,1-2H3. The van der Waals surface area contributed by atoms with E-state index in [1.54, 1.807) is 0 Å². The Hall–Kier alpha value is -2.30. The van der Waals surface area contributed by atoms with E-state index in [0.717, 1.165) is 48.7 Å². The van der Waals surface area contributed by atoms with E-state index >= 15 is 0 Å². The number of carbonyl (C=O) groups is 1. The Morgan fingerprint density at radius 2 is 1.91 bits per heavy atom. The zero-order valence-electron chi connectivity index (χ0n) is 13.0. The molecule has 0 spiro atoms. The molecule has 1 saturated heterocycles. The summed E-state index contributed by atoms with van der Waals surface area (Å²) in [6.07, 6.45) is 2.20. The van der Waals surface area contributed by atoms with Crippen LogP contribution in [0.3, 0.4) is 0 Å². The third-order valence-electron chi connectivity index (χ3n) is 4.06. The number of rotatable bonds is 4. The molecule has 0 atom stereocenters. The van der Waals surface area contributed by atoms with Crippen molar-refractivity contribution in [1.82, 2.24) is 10.1 Å².